The van der Waals surface area contributed by atoms with Crippen molar-refractivity contribution < 1.29 is 9.53 Å². The van der Waals surface area contributed by atoms with E-state index < -0.39 is 0 Å². The molecule has 1 aromatic rings. The highest BCUT2D eigenvalue weighted by atomic mass is 16.5. The molecular weight excluding hydrogens is 340 g/mol. The Labute approximate surface area is 163 Å². The average molecular weight is 375 g/mol. The second-order valence-electron chi connectivity index (χ2n) is 7.13. The second-order valence-corrected chi connectivity index (χ2v) is 7.13. The Hall–Kier alpha value is -2.08. The minimum Gasteiger partial charge on any atom is -0.382 e. The number of carbonyl (C=O) groups is 1. The van der Waals surface area contributed by atoms with E-state index >= 15 is 0 Å². The number of amides is 1. The first kappa shape index (κ1) is 21.2. The lowest BCUT2D eigenvalue weighted by Crippen LogP contribution is -2.45. The standard InChI is InChI=1S/C21H34N4O2/c1-3-27-16-13-21(11-7-8-12-21)17-25-20(22-2)24-15-14-23-19(26)18-9-5-4-6-10-18/h4-6,9-10H,3,7-8,11-17H2,1-2H3,(H,23,26)(H2,22,24,25). The van der Waals surface area contributed by atoms with Crippen LogP contribution in [0.3, 0.4) is 0 Å². The molecule has 0 spiro atoms. The number of aliphatic imine (C=N–C) groups is 1. The third-order valence-electron chi connectivity index (χ3n) is 5.24. The first-order chi connectivity index (χ1) is 13.2. The lowest BCUT2D eigenvalue weighted by Gasteiger charge is -2.30. The van der Waals surface area contributed by atoms with Gasteiger partial charge in [-0.3, -0.25) is 9.79 Å². The molecule has 0 atom stereocenters. The summed E-state index contributed by atoms with van der Waals surface area (Å²) in [6, 6.07) is 9.26. The largest absolute Gasteiger partial charge is 0.382 e. The van der Waals surface area contributed by atoms with Crippen LogP contribution in [0.1, 0.15) is 49.4 Å². The van der Waals surface area contributed by atoms with Crippen LogP contribution >= 0.6 is 0 Å². The number of carbonyl (C=O) groups excluding carboxylic acids is 1. The molecule has 0 saturated heterocycles. The van der Waals surface area contributed by atoms with E-state index in [2.05, 4.69) is 20.9 Å². The van der Waals surface area contributed by atoms with E-state index in [9.17, 15) is 4.79 Å². The van der Waals surface area contributed by atoms with Crippen LogP contribution in [0, 0.1) is 5.41 Å². The molecule has 1 fully saturated rings. The minimum absolute atomic E-state index is 0.0545. The van der Waals surface area contributed by atoms with Crippen molar-refractivity contribution >= 4 is 11.9 Å². The summed E-state index contributed by atoms with van der Waals surface area (Å²) >= 11 is 0. The van der Waals surface area contributed by atoms with Crippen LogP contribution in [-0.2, 0) is 4.74 Å². The van der Waals surface area contributed by atoms with E-state index in [-0.39, 0.29) is 5.91 Å². The molecule has 1 aliphatic carbocycles. The smallest absolute Gasteiger partial charge is 0.251 e. The Morgan fingerprint density at radius 2 is 1.81 bits per heavy atom. The van der Waals surface area contributed by atoms with Crippen LogP contribution in [0.4, 0.5) is 0 Å². The third-order valence-corrected chi connectivity index (χ3v) is 5.24. The third kappa shape index (κ3) is 7.21. The molecule has 0 aromatic heterocycles. The number of rotatable bonds is 10. The molecule has 27 heavy (non-hydrogen) atoms. The summed E-state index contributed by atoms with van der Waals surface area (Å²) < 4.78 is 5.58. The molecular formula is C21H34N4O2. The number of benzene rings is 1. The van der Waals surface area contributed by atoms with Crippen LogP contribution in [0.15, 0.2) is 35.3 Å². The molecule has 6 heteroatoms. The highest BCUT2D eigenvalue weighted by Crippen LogP contribution is 2.40. The van der Waals surface area contributed by atoms with E-state index in [4.69, 9.17) is 4.74 Å². The summed E-state index contributed by atoms with van der Waals surface area (Å²) in [7, 11) is 1.78. The van der Waals surface area contributed by atoms with Crippen molar-refractivity contribution in [2.45, 2.75) is 39.0 Å². The van der Waals surface area contributed by atoms with Crippen molar-refractivity contribution in [1.29, 1.82) is 0 Å². The summed E-state index contributed by atoms with van der Waals surface area (Å²) in [5, 5.41) is 9.66. The monoisotopic (exact) mass is 374 g/mol. The Morgan fingerprint density at radius 1 is 1.11 bits per heavy atom. The fourth-order valence-electron chi connectivity index (χ4n) is 3.61. The first-order valence-electron chi connectivity index (χ1n) is 10.0. The highest BCUT2D eigenvalue weighted by Gasteiger charge is 2.33. The van der Waals surface area contributed by atoms with Gasteiger partial charge >= 0.3 is 0 Å². The van der Waals surface area contributed by atoms with E-state index in [0.717, 1.165) is 32.1 Å². The van der Waals surface area contributed by atoms with Gasteiger partial charge in [0.05, 0.1) is 0 Å². The van der Waals surface area contributed by atoms with Gasteiger partial charge in [0.1, 0.15) is 0 Å². The molecule has 3 N–H and O–H groups in total. The summed E-state index contributed by atoms with van der Waals surface area (Å²) in [6.45, 7) is 5.74. The van der Waals surface area contributed by atoms with Crippen molar-refractivity contribution in [3.05, 3.63) is 35.9 Å². The van der Waals surface area contributed by atoms with Gasteiger partial charge in [-0.1, -0.05) is 31.0 Å². The maximum Gasteiger partial charge on any atom is 0.251 e. The Balaban J connectivity index is 1.69. The highest BCUT2D eigenvalue weighted by molar-refractivity contribution is 5.94. The SMILES string of the molecule is CCOCCC1(CNC(=NC)NCCNC(=O)c2ccccc2)CCCC1. The maximum absolute atomic E-state index is 12.0. The second kappa shape index (κ2) is 11.6. The zero-order valence-corrected chi connectivity index (χ0v) is 16.7. The number of ether oxygens (including phenoxy) is 1. The molecule has 1 amide bonds. The lowest BCUT2D eigenvalue weighted by atomic mass is 9.83. The Morgan fingerprint density at radius 3 is 2.48 bits per heavy atom. The van der Waals surface area contributed by atoms with Gasteiger partial charge < -0.3 is 20.7 Å². The van der Waals surface area contributed by atoms with Gasteiger partial charge in [0, 0.05) is 45.5 Å². The van der Waals surface area contributed by atoms with Crippen LogP contribution in [0.25, 0.3) is 0 Å². The Bertz CT molecular complexity index is 583. The molecule has 1 saturated carbocycles. The number of guanidine groups is 1. The quantitative estimate of drug-likeness (QED) is 0.334. The van der Waals surface area contributed by atoms with Crippen molar-refractivity contribution in [2.75, 3.05) is 39.9 Å². The summed E-state index contributed by atoms with van der Waals surface area (Å²) in [5.74, 6) is 0.729. The fraction of sp³-hybridized carbons (Fsp3) is 0.619. The Kier molecular flexibility index (Phi) is 9.11. The van der Waals surface area contributed by atoms with Crippen LogP contribution in [0.2, 0.25) is 0 Å². The molecule has 6 nitrogen and oxygen atoms in total. The van der Waals surface area contributed by atoms with E-state index in [1.54, 1.807) is 7.05 Å². The summed E-state index contributed by atoms with van der Waals surface area (Å²) in [6.07, 6.45) is 6.18. The van der Waals surface area contributed by atoms with Gasteiger partial charge in [0.25, 0.3) is 5.91 Å². The van der Waals surface area contributed by atoms with Gasteiger partial charge in [-0.25, -0.2) is 0 Å². The van der Waals surface area contributed by atoms with Crippen molar-refractivity contribution in [3.63, 3.8) is 0 Å². The van der Waals surface area contributed by atoms with E-state index in [1.165, 1.54) is 25.7 Å². The van der Waals surface area contributed by atoms with Gasteiger partial charge in [0.2, 0.25) is 0 Å². The number of nitrogens with one attached hydrogen (secondary N) is 3. The number of hydrogen-bond donors (Lipinski definition) is 3. The fourth-order valence-corrected chi connectivity index (χ4v) is 3.61. The molecule has 0 bridgehead atoms. The van der Waals surface area contributed by atoms with Crippen LogP contribution < -0.4 is 16.0 Å². The molecule has 0 heterocycles. The summed E-state index contributed by atoms with van der Waals surface area (Å²) in [5.41, 5.74) is 0.992. The predicted molar refractivity (Wildman–Crippen MR) is 110 cm³/mol. The molecule has 0 unspecified atom stereocenters. The molecule has 1 aliphatic rings. The maximum atomic E-state index is 12.0. The summed E-state index contributed by atoms with van der Waals surface area (Å²) in [4.78, 5) is 16.3. The zero-order valence-electron chi connectivity index (χ0n) is 16.7. The van der Waals surface area contributed by atoms with E-state index in [1.807, 2.05) is 37.3 Å². The zero-order chi connectivity index (χ0) is 19.4. The molecule has 150 valence electrons. The number of hydrogen-bond acceptors (Lipinski definition) is 3. The van der Waals surface area contributed by atoms with Crippen LogP contribution in [-0.4, -0.2) is 51.8 Å². The van der Waals surface area contributed by atoms with Crippen molar-refractivity contribution in [3.8, 4) is 0 Å². The molecule has 0 radical (unpaired) electrons. The lowest BCUT2D eigenvalue weighted by molar-refractivity contribution is 0.0954. The van der Waals surface area contributed by atoms with Gasteiger partial charge in [-0.15, -0.1) is 0 Å². The van der Waals surface area contributed by atoms with Crippen molar-refractivity contribution in [2.24, 2.45) is 10.4 Å². The van der Waals surface area contributed by atoms with Gasteiger partial charge in [0.15, 0.2) is 5.96 Å². The van der Waals surface area contributed by atoms with Gasteiger partial charge in [-0.2, -0.15) is 0 Å². The topological polar surface area (TPSA) is 74.8 Å². The van der Waals surface area contributed by atoms with Crippen molar-refractivity contribution in [1.82, 2.24) is 16.0 Å². The van der Waals surface area contributed by atoms with Gasteiger partial charge in [-0.05, 0) is 43.7 Å². The number of nitrogens with zero attached hydrogens (tertiary/aromatic N) is 1. The normalized spacial score (nSPS) is 16.1. The predicted octanol–water partition coefficient (Wildman–Crippen LogP) is 2.57. The molecule has 2 rings (SSSR count). The molecule has 1 aromatic carbocycles. The minimum atomic E-state index is -0.0545. The molecule has 0 aliphatic heterocycles. The average Bonchev–Trinajstić information content (AvgIpc) is 3.17. The van der Waals surface area contributed by atoms with E-state index in [0.29, 0.717) is 24.1 Å². The van der Waals surface area contributed by atoms with Crippen LogP contribution in [0.5, 0.6) is 0 Å². The first-order valence-corrected chi connectivity index (χ1v) is 10.0.